The maximum absolute atomic E-state index is 12.9. The molecule has 0 N–H and O–H groups in total. The van der Waals surface area contributed by atoms with Gasteiger partial charge in [-0.2, -0.15) is 13.2 Å². The van der Waals surface area contributed by atoms with E-state index in [4.69, 9.17) is 14.1 Å². The van der Waals surface area contributed by atoms with Gasteiger partial charge in [0.15, 0.2) is 0 Å². The quantitative estimate of drug-likeness (QED) is 0.226. The summed E-state index contributed by atoms with van der Waals surface area (Å²) in [5, 5.41) is 0.708. The van der Waals surface area contributed by atoms with E-state index in [2.05, 4.69) is 6.07 Å². The van der Waals surface area contributed by atoms with E-state index >= 15 is 0 Å². The Morgan fingerprint density at radius 2 is 1.85 bits per heavy atom. The summed E-state index contributed by atoms with van der Waals surface area (Å²) in [6.45, 7) is 6.03. The summed E-state index contributed by atoms with van der Waals surface area (Å²) in [5.41, 5.74) is 3.00. The predicted octanol–water partition coefficient (Wildman–Crippen LogP) is 8.40. The van der Waals surface area contributed by atoms with Crippen LogP contribution in [0.1, 0.15) is 41.1 Å². The molecule has 4 rings (SSSR count). The number of benzene rings is 2. The second-order valence-corrected chi connectivity index (χ2v) is 10.3. The van der Waals surface area contributed by atoms with Crippen LogP contribution in [0, 0.1) is 6.92 Å². The molecule has 0 aliphatic carbocycles. The first-order valence-electron chi connectivity index (χ1n) is 10.8. The smallest absolute Gasteiger partial charge is 0.416 e. The van der Waals surface area contributed by atoms with Crippen molar-refractivity contribution in [1.29, 1.82) is 0 Å². The molecular formula is C26H24F3NO2S2. The number of aromatic nitrogens is 1. The first-order chi connectivity index (χ1) is 16.2. The summed E-state index contributed by atoms with van der Waals surface area (Å²) in [6, 6.07) is 13.2. The Hall–Kier alpha value is -2.71. The third-order valence-electron chi connectivity index (χ3n) is 5.07. The zero-order valence-electron chi connectivity index (χ0n) is 19.0. The van der Waals surface area contributed by atoms with Gasteiger partial charge in [-0.3, -0.25) is 0 Å². The minimum atomic E-state index is -4.36. The van der Waals surface area contributed by atoms with Crippen molar-refractivity contribution in [3.8, 4) is 16.3 Å². The number of hydrogen-bond donors (Lipinski definition) is 0. The van der Waals surface area contributed by atoms with Gasteiger partial charge >= 0.3 is 6.18 Å². The highest BCUT2D eigenvalue weighted by Gasteiger charge is 2.30. The van der Waals surface area contributed by atoms with E-state index in [1.807, 2.05) is 39.0 Å². The normalized spacial score (nSPS) is 11.9. The largest absolute Gasteiger partial charge is 0.491 e. The van der Waals surface area contributed by atoms with Crippen LogP contribution < -0.4 is 4.74 Å². The molecule has 34 heavy (non-hydrogen) atoms. The van der Waals surface area contributed by atoms with Crippen LogP contribution in [-0.4, -0.2) is 11.1 Å². The highest BCUT2D eigenvalue weighted by Crippen LogP contribution is 2.36. The van der Waals surface area contributed by atoms with Gasteiger partial charge in [-0.25, -0.2) is 4.98 Å². The molecule has 4 aromatic rings. The Balaban J connectivity index is 1.57. The van der Waals surface area contributed by atoms with Gasteiger partial charge in [-0.1, -0.05) is 12.1 Å². The van der Waals surface area contributed by atoms with Gasteiger partial charge < -0.3 is 9.15 Å². The lowest BCUT2D eigenvalue weighted by Crippen LogP contribution is -2.06. The van der Waals surface area contributed by atoms with Crippen LogP contribution in [0.25, 0.3) is 10.6 Å². The molecule has 0 amide bonds. The number of nitrogens with zero attached hydrogens (tertiary/aromatic N) is 1. The third kappa shape index (κ3) is 6.04. The van der Waals surface area contributed by atoms with Gasteiger partial charge in [-0.05, 0) is 68.3 Å². The van der Waals surface area contributed by atoms with Gasteiger partial charge in [0.25, 0.3) is 0 Å². The first kappa shape index (κ1) is 24.4. The number of alkyl halides is 3. The molecule has 178 valence electrons. The van der Waals surface area contributed by atoms with Crippen molar-refractivity contribution in [3.05, 3.63) is 88.3 Å². The summed E-state index contributed by atoms with van der Waals surface area (Å²) in [7, 11) is 0. The van der Waals surface area contributed by atoms with Crippen molar-refractivity contribution in [2.45, 2.75) is 50.1 Å². The summed E-state index contributed by atoms with van der Waals surface area (Å²) in [4.78, 5) is 6.99. The first-order valence-corrected chi connectivity index (χ1v) is 12.6. The van der Waals surface area contributed by atoms with E-state index in [1.165, 1.54) is 23.5 Å². The molecule has 0 aliphatic heterocycles. The second-order valence-electron chi connectivity index (χ2n) is 8.15. The van der Waals surface area contributed by atoms with E-state index < -0.39 is 11.7 Å². The fraction of sp³-hybridized carbons (Fsp3) is 0.269. The topological polar surface area (TPSA) is 35.3 Å². The third-order valence-corrected chi connectivity index (χ3v) is 7.42. The summed E-state index contributed by atoms with van der Waals surface area (Å²) < 4.78 is 49.9. The number of rotatable bonds is 8. The van der Waals surface area contributed by atoms with Crippen LogP contribution in [0.4, 0.5) is 13.2 Å². The van der Waals surface area contributed by atoms with Crippen LogP contribution >= 0.6 is 23.1 Å². The zero-order valence-corrected chi connectivity index (χ0v) is 20.6. The van der Waals surface area contributed by atoms with Gasteiger partial charge in [-0.15, -0.1) is 23.1 Å². The van der Waals surface area contributed by atoms with Crippen molar-refractivity contribution in [3.63, 3.8) is 0 Å². The lowest BCUT2D eigenvalue weighted by Gasteiger charge is -2.13. The Morgan fingerprint density at radius 1 is 1.09 bits per heavy atom. The van der Waals surface area contributed by atoms with E-state index in [1.54, 1.807) is 24.3 Å². The van der Waals surface area contributed by atoms with Gasteiger partial charge in [0.1, 0.15) is 10.8 Å². The Morgan fingerprint density at radius 3 is 2.47 bits per heavy atom. The Labute approximate surface area is 205 Å². The monoisotopic (exact) mass is 503 g/mol. The zero-order chi connectivity index (χ0) is 24.3. The Kier molecular flexibility index (Phi) is 7.38. The lowest BCUT2D eigenvalue weighted by molar-refractivity contribution is -0.137. The highest BCUT2D eigenvalue weighted by molar-refractivity contribution is 7.98. The average molecular weight is 504 g/mol. The second kappa shape index (κ2) is 10.3. The molecule has 0 saturated carbocycles. The highest BCUT2D eigenvalue weighted by atomic mass is 32.2. The van der Waals surface area contributed by atoms with Crippen molar-refractivity contribution >= 4 is 23.1 Å². The van der Waals surface area contributed by atoms with Crippen molar-refractivity contribution < 1.29 is 22.3 Å². The molecule has 8 heteroatoms. The summed E-state index contributed by atoms with van der Waals surface area (Å²) in [5.74, 6) is 1.58. The number of aryl methyl sites for hydroxylation is 1. The molecule has 0 atom stereocenters. The number of thioether (sulfide) groups is 1. The SMILES string of the molecule is Cc1cc(SCc2sc(-c3ccc(C(F)(F)F)cc3)nc2Cc2ccoc2)ccc1OC(C)C. The number of ether oxygens (including phenoxy) is 1. The average Bonchev–Trinajstić information content (AvgIpc) is 3.44. The molecule has 0 aliphatic rings. The number of thiazole rings is 1. The molecule has 0 saturated heterocycles. The van der Waals surface area contributed by atoms with Crippen LogP contribution in [0.2, 0.25) is 0 Å². The lowest BCUT2D eigenvalue weighted by atomic mass is 10.1. The van der Waals surface area contributed by atoms with E-state index in [0.29, 0.717) is 22.7 Å². The summed E-state index contributed by atoms with van der Waals surface area (Å²) >= 11 is 3.21. The minimum Gasteiger partial charge on any atom is -0.491 e. The molecule has 0 unspecified atom stereocenters. The fourth-order valence-electron chi connectivity index (χ4n) is 3.39. The fourth-order valence-corrected chi connectivity index (χ4v) is 5.57. The number of hydrogen-bond acceptors (Lipinski definition) is 5. The Bertz CT molecular complexity index is 1230. The van der Waals surface area contributed by atoms with Gasteiger partial charge in [0, 0.05) is 27.5 Å². The molecule has 2 heterocycles. The molecule has 0 bridgehead atoms. The molecular weight excluding hydrogens is 479 g/mol. The van der Waals surface area contributed by atoms with E-state index in [0.717, 1.165) is 44.5 Å². The molecule has 0 radical (unpaired) electrons. The summed E-state index contributed by atoms with van der Waals surface area (Å²) in [6.07, 6.45) is -0.335. The minimum absolute atomic E-state index is 0.114. The number of furan rings is 1. The van der Waals surface area contributed by atoms with Crippen LogP contribution in [-0.2, 0) is 18.3 Å². The van der Waals surface area contributed by atoms with Crippen molar-refractivity contribution in [2.24, 2.45) is 0 Å². The van der Waals surface area contributed by atoms with Crippen LogP contribution in [0.5, 0.6) is 5.75 Å². The van der Waals surface area contributed by atoms with E-state index in [9.17, 15) is 13.2 Å². The maximum Gasteiger partial charge on any atom is 0.416 e. The molecule has 0 fully saturated rings. The number of halogens is 3. The van der Waals surface area contributed by atoms with Crippen molar-refractivity contribution in [1.82, 2.24) is 4.98 Å². The van der Waals surface area contributed by atoms with Crippen molar-refractivity contribution in [2.75, 3.05) is 0 Å². The predicted molar refractivity (Wildman–Crippen MR) is 131 cm³/mol. The van der Waals surface area contributed by atoms with Crippen LogP contribution in [0.3, 0.4) is 0 Å². The van der Waals surface area contributed by atoms with Gasteiger partial charge in [0.2, 0.25) is 0 Å². The molecule has 3 nitrogen and oxygen atoms in total. The molecule has 2 aromatic carbocycles. The van der Waals surface area contributed by atoms with Gasteiger partial charge in [0.05, 0.1) is 29.9 Å². The molecule has 2 aromatic heterocycles. The standard InChI is InChI=1S/C26H24F3NO2S2/c1-16(2)32-23-9-8-21(12-17(23)3)33-15-24-22(13-18-10-11-31-14-18)30-25(34-24)19-4-6-20(7-5-19)26(27,28)29/h4-12,14,16H,13,15H2,1-3H3. The van der Waals surface area contributed by atoms with E-state index in [-0.39, 0.29) is 6.10 Å². The molecule has 0 spiro atoms. The maximum atomic E-state index is 12.9. The van der Waals surface area contributed by atoms with Crippen LogP contribution in [0.15, 0.2) is 70.4 Å².